The number of fused-ring (bicyclic) bond motifs is 1. The lowest BCUT2D eigenvalue weighted by atomic mass is 10.0. The average Bonchev–Trinajstić information content (AvgIpc) is 2.69. The lowest BCUT2D eigenvalue weighted by molar-refractivity contribution is 0.868. The van der Waals surface area contributed by atoms with E-state index >= 15 is 0 Å². The topological polar surface area (TPSA) is 7.60 Å². The van der Waals surface area contributed by atoms with Gasteiger partial charge in [0.25, 0.3) is 0 Å². The molecule has 0 saturated heterocycles. The molecule has 1 heterocycles. The van der Waals surface area contributed by atoms with E-state index in [4.69, 9.17) is 6.57 Å². The Hall–Kier alpha value is -1.49. The van der Waals surface area contributed by atoms with Crippen molar-refractivity contribution < 1.29 is 0 Å². The minimum atomic E-state index is -0.00836. The van der Waals surface area contributed by atoms with Gasteiger partial charge in [-0.05, 0) is 37.1 Å². The minimum Gasteiger partial charge on any atom is -0.371 e. The van der Waals surface area contributed by atoms with Crippen molar-refractivity contribution in [2.24, 2.45) is 0 Å². The van der Waals surface area contributed by atoms with Crippen LogP contribution in [-0.2, 0) is 6.42 Å². The van der Waals surface area contributed by atoms with E-state index in [1.807, 2.05) is 6.92 Å². The number of hydrogen-bond acceptors (Lipinski definition) is 1. The summed E-state index contributed by atoms with van der Waals surface area (Å²) in [6, 6.07) is 6.46. The summed E-state index contributed by atoms with van der Waals surface area (Å²) in [5.74, 6) is 0. The zero-order valence-electron chi connectivity index (χ0n) is 9.33. The van der Waals surface area contributed by atoms with Crippen LogP contribution in [-0.4, -0.2) is 13.1 Å². The Morgan fingerprint density at radius 1 is 1.53 bits per heavy atom. The third kappa shape index (κ3) is 1.70. The maximum atomic E-state index is 7.03. The van der Waals surface area contributed by atoms with Crippen molar-refractivity contribution in [3.05, 3.63) is 40.7 Å². The third-order valence-corrected chi connectivity index (χ3v) is 3.15. The van der Waals surface area contributed by atoms with Crippen LogP contribution in [0.15, 0.2) is 18.2 Å². The van der Waals surface area contributed by atoms with Gasteiger partial charge in [-0.15, -0.1) is 0 Å². The van der Waals surface area contributed by atoms with E-state index in [-0.39, 0.29) is 6.04 Å². The first-order chi connectivity index (χ1) is 7.26. The van der Waals surface area contributed by atoms with Crippen LogP contribution in [0.5, 0.6) is 0 Å². The van der Waals surface area contributed by atoms with Crippen molar-refractivity contribution in [2.45, 2.75) is 26.3 Å². The van der Waals surface area contributed by atoms with Gasteiger partial charge >= 0.3 is 0 Å². The van der Waals surface area contributed by atoms with E-state index in [1.54, 1.807) is 0 Å². The molecular weight excluding hydrogens is 184 g/mol. The van der Waals surface area contributed by atoms with Crippen LogP contribution >= 0.6 is 0 Å². The van der Waals surface area contributed by atoms with Crippen molar-refractivity contribution in [1.29, 1.82) is 0 Å². The second kappa shape index (κ2) is 3.94. The Bertz CT molecular complexity index is 403. The molecule has 0 spiro atoms. The molecule has 15 heavy (non-hydrogen) atoms. The van der Waals surface area contributed by atoms with Crippen LogP contribution in [0.4, 0.5) is 5.69 Å². The molecule has 2 heteroatoms. The predicted octanol–water partition coefficient (Wildman–Crippen LogP) is 3.05. The van der Waals surface area contributed by atoms with Crippen molar-refractivity contribution >= 4 is 5.69 Å². The van der Waals surface area contributed by atoms with E-state index in [0.29, 0.717) is 0 Å². The van der Waals surface area contributed by atoms with Crippen LogP contribution < -0.4 is 4.90 Å². The molecule has 78 valence electrons. The Labute approximate surface area is 91.3 Å². The van der Waals surface area contributed by atoms with Gasteiger partial charge in [-0.25, -0.2) is 6.57 Å². The van der Waals surface area contributed by atoms with E-state index in [1.165, 1.54) is 11.3 Å². The maximum Gasteiger partial charge on any atom is 0.245 e. The molecule has 0 N–H and O–H groups in total. The molecule has 2 rings (SSSR count). The summed E-state index contributed by atoms with van der Waals surface area (Å²) >= 11 is 0. The van der Waals surface area contributed by atoms with Gasteiger partial charge in [-0.1, -0.05) is 0 Å². The second-order valence-corrected chi connectivity index (χ2v) is 4.02. The number of rotatable bonds is 2. The summed E-state index contributed by atoms with van der Waals surface area (Å²) in [5, 5.41) is 0. The van der Waals surface area contributed by atoms with Crippen molar-refractivity contribution in [3.63, 3.8) is 0 Å². The molecule has 1 aromatic carbocycles. The highest BCUT2D eigenvalue weighted by Gasteiger charge is 2.19. The largest absolute Gasteiger partial charge is 0.371 e. The average molecular weight is 200 g/mol. The molecule has 0 fully saturated rings. The van der Waals surface area contributed by atoms with Gasteiger partial charge in [0, 0.05) is 31.3 Å². The quantitative estimate of drug-likeness (QED) is 0.666. The molecule has 1 aliphatic heterocycles. The predicted molar refractivity (Wildman–Crippen MR) is 63.1 cm³/mol. The van der Waals surface area contributed by atoms with Crippen LogP contribution in [0.2, 0.25) is 0 Å². The molecule has 0 aliphatic carbocycles. The number of hydrogen-bond donors (Lipinski definition) is 0. The van der Waals surface area contributed by atoms with Crippen molar-refractivity contribution in [1.82, 2.24) is 0 Å². The Kier molecular flexibility index (Phi) is 2.64. The zero-order valence-corrected chi connectivity index (χ0v) is 9.33. The Morgan fingerprint density at radius 2 is 2.33 bits per heavy atom. The maximum absolute atomic E-state index is 7.03. The molecule has 1 unspecified atom stereocenters. The van der Waals surface area contributed by atoms with Crippen LogP contribution in [0, 0.1) is 6.57 Å². The molecular formula is C13H16N2. The lowest BCUT2D eigenvalue weighted by Gasteiger charge is -2.16. The summed E-state index contributed by atoms with van der Waals surface area (Å²) in [6.45, 7) is 13.4. The standard InChI is InChI=1S/C13H16N2/c1-4-15-8-7-12-9-11(10(2)14-3)5-6-13(12)15/h5-6,9-10H,4,7-8H2,1-2H3. The van der Waals surface area contributed by atoms with E-state index in [0.717, 1.165) is 25.1 Å². The van der Waals surface area contributed by atoms with E-state index in [9.17, 15) is 0 Å². The molecule has 0 saturated carbocycles. The Balaban J connectivity index is 2.34. The van der Waals surface area contributed by atoms with Gasteiger partial charge in [-0.2, -0.15) is 0 Å². The number of likely N-dealkylation sites (N-methyl/N-ethyl adjacent to an activating group) is 1. The summed E-state index contributed by atoms with van der Waals surface area (Å²) in [7, 11) is 0. The van der Waals surface area contributed by atoms with Gasteiger partial charge in [-0.3, -0.25) is 0 Å². The van der Waals surface area contributed by atoms with E-state index in [2.05, 4.69) is 34.9 Å². The molecule has 1 aromatic rings. The Morgan fingerprint density at radius 3 is 3.00 bits per heavy atom. The van der Waals surface area contributed by atoms with Gasteiger partial charge in [0.2, 0.25) is 6.04 Å². The highest BCUT2D eigenvalue weighted by Crippen LogP contribution is 2.30. The first-order valence-electron chi connectivity index (χ1n) is 5.50. The minimum absolute atomic E-state index is 0.00836. The number of nitrogens with zero attached hydrogens (tertiary/aromatic N) is 2. The number of anilines is 1. The van der Waals surface area contributed by atoms with Crippen LogP contribution in [0.25, 0.3) is 4.85 Å². The molecule has 0 bridgehead atoms. The van der Waals surface area contributed by atoms with Gasteiger partial charge in [0.05, 0.1) is 0 Å². The molecule has 0 radical (unpaired) electrons. The summed E-state index contributed by atoms with van der Waals surface area (Å²) in [4.78, 5) is 5.95. The molecule has 1 atom stereocenters. The fraction of sp³-hybridized carbons (Fsp3) is 0.462. The number of benzene rings is 1. The third-order valence-electron chi connectivity index (χ3n) is 3.15. The van der Waals surface area contributed by atoms with Crippen LogP contribution in [0.3, 0.4) is 0 Å². The summed E-state index contributed by atoms with van der Waals surface area (Å²) in [5.41, 5.74) is 3.92. The molecule has 1 aliphatic rings. The molecule has 0 amide bonds. The molecule has 0 aromatic heterocycles. The van der Waals surface area contributed by atoms with Crippen molar-refractivity contribution in [2.75, 3.05) is 18.0 Å². The van der Waals surface area contributed by atoms with E-state index < -0.39 is 0 Å². The fourth-order valence-electron chi connectivity index (χ4n) is 2.15. The lowest BCUT2D eigenvalue weighted by Crippen LogP contribution is -2.18. The summed E-state index contributed by atoms with van der Waals surface area (Å²) < 4.78 is 0. The van der Waals surface area contributed by atoms with Gasteiger partial charge in [0.1, 0.15) is 0 Å². The highest BCUT2D eigenvalue weighted by atomic mass is 15.1. The van der Waals surface area contributed by atoms with Gasteiger partial charge in [0.15, 0.2) is 0 Å². The molecule has 2 nitrogen and oxygen atoms in total. The SMILES string of the molecule is [C-]#[N+]C(C)c1ccc2c(c1)CCN2CC. The second-order valence-electron chi connectivity index (χ2n) is 4.02. The summed E-state index contributed by atoms with van der Waals surface area (Å²) in [6.07, 6.45) is 1.13. The van der Waals surface area contributed by atoms with Crippen LogP contribution in [0.1, 0.15) is 31.0 Å². The van der Waals surface area contributed by atoms with Crippen molar-refractivity contribution in [3.8, 4) is 0 Å². The first kappa shape index (κ1) is 10.0. The fourth-order valence-corrected chi connectivity index (χ4v) is 2.15. The first-order valence-corrected chi connectivity index (χ1v) is 5.50. The zero-order chi connectivity index (χ0) is 10.8. The smallest absolute Gasteiger partial charge is 0.245 e. The highest BCUT2D eigenvalue weighted by molar-refractivity contribution is 5.59. The monoisotopic (exact) mass is 200 g/mol. The normalized spacial score (nSPS) is 15.9. The van der Waals surface area contributed by atoms with Gasteiger partial charge < -0.3 is 9.74 Å².